The highest BCUT2D eigenvalue weighted by molar-refractivity contribution is 7.91. The molecule has 16 nitrogen and oxygen atoms in total. The van der Waals surface area contributed by atoms with Crippen LogP contribution in [0.25, 0.3) is 16.6 Å². The molecule has 284 valence electrons. The van der Waals surface area contributed by atoms with Crippen molar-refractivity contribution in [2.24, 2.45) is 11.3 Å². The van der Waals surface area contributed by atoms with Gasteiger partial charge in [0.15, 0.2) is 5.82 Å². The van der Waals surface area contributed by atoms with E-state index in [4.69, 9.17) is 9.47 Å². The van der Waals surface area contributed by atoms with Crippen molar-refractivity contribution in [3.05, 3.63) is 55.6 Å². The predicted octanol–water partition coefficient (Wildman–Crippen LogP) is 2.77. The number of carbonyl (C=O) groups is 4. The number of alkyl carbamates (subject to hydrolysis) is 1. The third kappa shape index (κ3) is 7.99. The van der Waals surface area contributed by atoms with E-state index in [-0.39, 0.29) is 25.3 Å². The lowest BCUT2D eigenvalue weighted by Gasteiger charge is -2.36. The van der Waals surface area contributed by atoms with E-state index in [2.05, 4.69) is 37.1 Å². The number of sulfonamides is 1. The summed E-state index contributed by atoms with van der Waals surface area (Å²) in [5.41, 5.74) is -3.24. The zero-order chi connectivity index (χ0) is 38.5. The van der Waals surface area contributed by atoms with Crippen molar-refractivity contribution in [1.29, 1.82) is 0 Å². The number of ether oxygens (including phenoxy) is 2. The highest BCUT2D eigenvalue weighted by Gasteiger charge is 2.62. The maximum atomic E-state index is 14.5. The van der Waals surface area contributed by atoms with Gasteiger partial charge in [-0.15, -0.1) is 16.8 Å². The first-order valence-electron chi connectivity index (χ1n) is 17.5. The standard InChI is InChI=1S/C36H46N8O8S/c1-8-21-18-36(21,32(47)42-53(49,50)23-13-14-23)39-29(45)26-17-22(19-44(26)31(46)27(34(2,3)4)38-33(48)52-35(5,6)7)51-30-25-12-10-9-11-24(25)28(40-41-30)43-16-15-37-20-43/h8-12,15-16,20-23,26-27H,1,13-14,17-19H2,2-7H3,(H,38,48)(H,39,45)(H,42,47)/t21?,22-,26+,27-,36-/m1/s1. The Morgan fingerprint density at radius 3 is 2.34 bits per heavy atom. The number of nitrogens with one attached hydrogen (secondary N) is 3. The van der Waals surface area contributed by atoms with Crippen LogP contribution in [0.15, 0.2) is 55.6 Å². The third-order valence-electron chi connectivity index (χ3n) is 9.53. The Balaban J connectivity index is 1.31. The maximum Gasteiger partial charge on any atom is 0.408 e. The zero-order valence-electron chi connectivity index (χ0n) is 30.7. The van der Waals surface area contributed by atoms with Crippen molar-refractivity contribution in [2.75, 3.05) is 6.54 Å². The Bertz CT molecular complexity index is 2040. The molecule has 53 heavy (non-hydrogen) atoms. The van der Waals surface area contributed by atoms with Crippen LogP contribution in [-0.2, 0) is 29.1 Å². The van der Waals surface area contributed by atoms with Crippen molar-refractivity contribution < 1.29 is 37.1 Å². The summed E-state index contributed by atoms with van der Waals surface area (Å²) in [4.78, 5) is 60.7. The van der Waals surface area contributed by atoms with Crippen molar-refractivity contribution in [2.45, 2.75) is 102 Å². The predicted molar refractivity (Wildman–Crippen MR) is 193 cm³/mol. The summed E-state index contributed by atoms with van der Waals surface area (Å²) >= 11 is 0. The van der Waals surface area contributed by atoms with Crippen molar-refractivity contribution in [3.8, 4) is 11.7 Å². The molecule has 0 radical (unpaired) electrons. The van der Waals surface area contributed by atoms with Crippen molar-refractivity contribution >= 4 is 44.6 Å². The van der Waals surface area contributed by atoms with Gasteiger partial charge in [-0.3, -0.25) is 23.7 Å². The SMILES string of the molecule is C=CC1C[C@]1(NC(=O)[C@@H]1C[C@@H](Oc2nnc(-n3ccnc3)c3ccccc23)CN1C(=O)[C@@H](NC(=O)OC(C)(C)C)C(C)(C)C)C(=O)NS(=O)(=O)C1CC1. The van der Waals surface area contributed by atoms with Gasteiger partial charge < -0.3 is 25.0 Å². The van der Waals surface area contributed by atoms with E-state index in [0.717, 1.165) is 5.39 Å². The second-order valence-electron chi connectivity index (χ2n) is 16.0. The van der Waals surface area contributed by atoms with Crippen molar-refractivity contribution in [1.82, 2.24) is 40.0 Å². The number of rotatable bonds is 11. The normalized spacial score (nSPS) is 23.5. The Kier molecular flexibility index (Phi) is 9.76. The molecule has 0 bridgehead atoms. The number of carbonyl (C=O) groups excluding carboxylic acids is 4. The Morgan fingerprint density at radius 2 is 1.75 bits per heavy atom. The summed E-state index contributed by atoms with van der Waals surface area (Å²) in [6.45, 7) is 14.1. The lowest BCUT2D eigenvalue weighted by molar-refractivity contribution is -0.143. The summed E-state index contributed by atoms with van der Waals surface area (Å²) in [5.74, 6) is -1.95. The summed E-state index contributed by atoms with van der Waals surface area (Å²) in [5, 5.41) is 14.9. The molecule has 3 fully saturated rings. The number of amides is 4. The first-order valence-corrected chi connectivity index (χ1v) is 19.1. The van der Waals surface area contributed by atoms with Crippen LogP contribution in [0.3, 0.4) is 0 Å². The molecule has 4 amide bonds. The Hall–Kier alpha value is -5.06. The average molecular weight is 751 g/mol. The van der Waals surface area contributed by atoms with Gasteiger partial charge in [0, 0.05) is 35.5 Å². The molecular weight excluding hydrogens is 705 g/mol. The number of likely N-dealkylation sites (tertiary alicyclic amines) is 1. The Morgan fingerprint density at radius 1 is 1.06 bits per heavy atom. The quantitative estimate of drug-likeness (QED) is 0.243. The zero-order valence-corrected chi connectivity index (χ0v) is 31.5. The fourth-order valence-electron chi connectivity index (χ4n) is 6.52. The molecule has 3 aromatic rings. The van der Waals surface area contributed by atoms with E-state index in [9.17, 15) is 27.6 Å². The van der Waals surface area contributed by atoms with Gasteiger partial charge in [-0.25, -0.2) is 18.2 Å². The van der Waals surface area contributed by atoms with E-state index < -0.39 is 79.7 Å². The van der Waals surface area contributed by atoms with Gasteiger partial charge in [0.2, 0.25) is 27.7 Å². The number of hydrogen-bond donors (Lipinski definition) is 3. The number of benzene rings is 1. The van der Waals surface area contributed by atoms with Gasteiger partial charge >= 0.3 is 6.09 Å². The monoisotopic (exact) mass is 750 g/mol. The molecule has 2 aromatic heterocycles. The third-order valence-corrected chi connectivity index (χ3v) is 11.4. The van der Waals surface area contributed by atoms with E-state index in [1.54, 1.807) is 64.8 Å². The van der Waals surface area contributed by atoms with E-state index in [1.807, 2.05) is 24.3 Å². The molecular formula is C36H46N8O8S. The van der Waals surface area contributed by atoms with Gasteiger partial charge in [0.05, 0.1) is 11.8 Å². The molecule has 1 saturated heterocycles. The molecule has 2 saturated carbocycles. The molecule has 3 aliphatic rings. The van der Waals surface area contributed by atoms with Gasteiger partial charge in [-0.2, -0.15) is 0 Å². The molecule has 6 rings (SSSR count). The fourth-order valence-corrected chi connectivity index (χ4v) is 7.88. The molecule has 1 aromatic carbocycles. The van der Waals surface area contributed by atoms with E-state index >= 15 is 0 Å². The second-order valence-corrected chi connectivity index (χ2v) is 17.9. The molecule has 1 aliphatic heterocycles. The van der Waals surface area contributed by atoms with Crippen LogP contribution in [0.1, 0.15) is 67.2 Å². The molecule has 3 heterocycles. The summed E-state index contributed by atoms with van der Waals surface area (Å²) < 4.78 is 41.1. The van der Waals surface area contributed by atoms with Crippen LogP contribution in [0.4, 0.5) is 4.79 Å². The first kappa shape index (κ1) is 37.7. The van der Waals surface area contributed by atoms with Crippen molar-refractivity contribution in [3.63, 3.8) is 0 Å². The largest absolute Gasteiger partial charge is 0.471 e. The van der Waals surface area contributed by atoms with Gasteiger partial charge in [0.25, 0.3) is 5.91 Å². The molecule has 17 heteroatoms. The first-order chi connectivity index (χ1) is 24.8. The minimum absolute atomic E-state index is 0.0169. The molecule has 2 aliphatic carbocycles. The highest BCUT2D eigenvalue weighted by Crippen LogP contribution is 2.45. The minimum Gasteiger partial charge on any atom is -0.471 e. The average Bonchev–Trinajstić information content (AvgIpc) is 3.95. The van der Waals surface area contributed by atoms with Gasteiger partial charge in [-0.1, -0.05) is 45.0 Å². The van der Waals surface area contributed by atoms with Crippen LogP contribution < -0.4 is 20.1 Å². The topological polar surface area (TPSA) is 204 Å². The molecule has 3 N–H and O–H groups in total. The summed E-state index contributed by atoms with van der Waals surface area (Å²) in [7, 11) is -3.91. The van der Waals surface area contributed by atoms with Crippen LogP contribution in [0.2, 0.25) is 0 Å². The van der Waals surface area contributed by atoms with Gasteiger partial charge in [-0.05, 0) is 51.5 Å². The van der Waals surface area contributed by atoms with E-state index in [1.165, 1.54) is 11.0 Å². The smallest absolute Gasteiger partial charge is 0.408 e. The lowest BCUT2D eigenvalue weighted by atomic mass is 9.85. The number of hydrogen-bond acceptors (Lipinski definition) is 11. The minimum atomic E-state index is -3.91. The molecule has 1 unspecified atom stereocenters. The van der Waals surface area contributed by atoms with Crippen LogP contribution >= 0.6 is 0 Å². The number of aromatic nitrogens is 4. The Labute approximate surface area is 308 Å². The van der Waals surface area contributed by atoms with Crippen LogP contribution in [0, 0.1) is 11.3 Å². The number of imidazole rings is 1. The number of nitrogens with zero attached hydrogens (tertiary/aromatic N) is 5. The van der Waals surface area contributed by atoms with E-state index in [0.29, 0.717) is 24.0 Å². The lowest BCUT2D eigenvalue weighted by Crippen LogP contribution is -2.60. The maximum absolute atomic E-state index is 14.5. The summed E-state index contributed by atoms with van der Waals surface area (Å²) in [6, 6.07) is 5.05. The molecule has 5 atom stereocenters. The second kappa shape index (κ2) is 13.7. The number of fused-ring (bicyclic) bond motifs is 1. The van der Waals surface area contributed by atoms with Crippen LogP contribution in [0.5, 0.6) is 5.88 Å². The highest BCUT2D eigenvalue weighted by atomic mass is 32.2. The summed E-state index contributed by atoms with van der Waals surface area (Å²) in [6.07, 6.45) is 5.88. The molecule has 0 spiro atoms. The van der Waals surface area contributed by atoms with Crippen LogP contribution in [-0.4, -0.2) is 98.0 Å². The van der Waals surface area contributed by atoms with Gasteiger partial charge in [0.1, 0.15) is 35.7 Å². The fraction of sp³-hybridized carbons (Fsp3) is 0.528.